The Morgan fingerprint density at radius 3 is 2.48 bits per heavy atom. The van der Waals surface area contributed by atoms with Crippen LogP contribution in [-0.2, 0) is 0 Å². The van der Waals surface area contributed by atoms with Gasteiger partial charge in [-0.15, -0.1) is 11.3 Å². The topological polar surface area (TPSA) is 74.2 Å². The van der Waals surface area contributed by atoms with Crippen LogP contribution in [0.25, 0.3) is 0 Å². The maximum atomic E-state index is 12.3. The lowest BCUT2D eigenvalue weighted by Crippen LogP contribution is -2.50. The number of piperazine rings is 1. The number of aromatic nitrogens is 3. The van der Waals surface area contributed by atoms with Crippen LogP contribution >= 0.6 is 11.3 Å². The van der Waals surface area contributed by atoms with Gasteiger partial charge in [0.25, 0.3) is 0 Å². The van der Waals surface area contributed by atoms with Crippen molar-refractivity contribution in [1.29, 1.82) is 0 Å². The first-order valence-corrected chi connectivity index (χ1v) is 8.49. The zero-order valence-electron chi connectivity index (χ0n) is 13.3. The summed E-state index contributed by atoms with van der Waals surface area (Å²) in [7, 11) is 0. The number of carbonyl (C=O) groups is 1. The fraction of sp³-hybridized carbons (Fsp3) is 0.467. The first-order chi connectivity index (χ1) is 11.1. The summed E-state index contributed by atoms with van der Waals surface area (Å²) >= 11 is 1.53. The second-order valence-electron chi connectivity index (χ2n) is 5.68. The van der Waals surface area contributed by atoms with Gasteiger partial charge >= 0.3 is 6.03 Å². The molecule has 1 saturated heterocycles. The Bertz CT molecular complexity index is 651. The molecule has 2 aromatic rings. The van der Waals surface area contributed by atoms with E-state index in [1.807, 2.05) is 6.20 Å². The van der Waals surface area contributed by atoms with E-state index >= 15 is 0 Å². The summed E-state index contributed by atoms with van der Waals surface area (Å²) < 4.78 is 0. The van der Waals surface area contributed by atoms with Gasteiger partial charge in [-0.05, 0) is 12.0 Å². The van der Waals surface area contributed by atoms with Crippen LogP contribution in [0.5, 0.6) is 0 Å². The summed E-state index contributed by atoms with van der Waals surface area (Å²) in [6.07, 6.45) is 5.29. The zero-order chi connectivity index (χ0) is 16.2. The third-order valence-electron chi connectivity index (χ3n) is 3.71. The quantitative estimate of drug-likeness (QED) is 0.934. The van der Waals surface area contributed by atoms with E-state index in [-0.39, 0.29) is 6.03 Å². The molecular formula is C15H20N6OS. The number of thiazole rings is 1. The average Bonchev–Trinajstić information content (AvgIpc) is 3.04. The molecule has 2 aromatic heterocycles. The van der Waals surface area contributed by atoms with Crippen LogP contribution < -0.4 is 10.2 Å². The molecule has 0 bridgehead atoms. The summed E-state index contributed by atoms with van der Waals surface area (Å²) in [5.41, 5.74) is 0. The minimum absolute atomic E-state index is 0.0942. The highest BCUT2D eigenvalue weighted by molar-refractivity contribution is 7.15. The molecule has 23 heavy (non-hydrogen) atoms. The number of nitrogens with zero attached hydrogens (tertiary/aromatic N) is 5. The fourth-order valence-electron chi connectivity index (χ4n) is 2.35. The van der Waals surface area contributed by atoms with Crippen molar-refractivity contribution in [2.24, 2.45) is 0 Å². The van der Waals surface area contributed by atoms with Crippen molar-refractivity contribution in [1.82, 2.24) is 19.9 Å². The fourth-order valence-corrected chi connectivity index (χ4v) is 3.15. The molecule has 0 spiro atoms. The molecule has 2 amide bonds. The molecule has 0 aliphatic carbocycles. The second kappa shape index (κ2) is 6.91. The summed E-state index contributed by atoms with van der Waals surface area (Å²) in [6, 6.07) is 1.70. The lowest BCUT2D eigenvalue weighted by Gasteiger charge is -2.34. The lowest BCUT2D eigenvalue weighted by atomic mass is 10.2. The summed E-state index contributed by atoms with van der Waals surface area (Å²) in [5, 5.41) is 3.55. The smallest absolute Gasteiger partial charge is 0.323 e. The predicted octanol–water partition coefficient (Wildman–Crippen LogP) is 2.41. The molecule has 1 fully saturated rings. The van der Waals surface area contributed by atoms with Gasteiger partial charge in [-0.3, -0.25) is 5.32 Å². The van der Waals surface area contributed by atoms with E-state index in [2.05, 4.69) is 39.0 Å². The monoisotopic (exact) mass is 332 g/mol. The highest BCUT2D eigenvalue weighted by atomic mass is 32.1. The SMILES string of the molecule is CC(C)c1cnc(NC(=O)N2CCN(c3ncccn3)CC2)s1. The predicted molar refractivity (Wildman–Crippen MR) is 91.0 cm³/mol. The Balaban J connectivity index is 1.53. The Morgan fingerprint density at radius 2 is 1.87 bits per heavy atom. The molecule has 0 atom stereocenters. The van der Waals surface area contributed by atoms with Crippen molar-refractivity contribution in [3.8, 4) is 0 Å². The van der Waals surface area contributed by atoms with E-state index in [0.717, 1.165) is 13.1 Å². The summed E-state index contributed by atoms with van der Waals surface area (Å²) in [6.45, 7) is 6.98. The molecular weight excluding hydrogens is 312 g/mol. The molecule has 1 aliphatic rings. The first kappa shape index (κ1) is 15.7. The minimum Gasteiger partial charge on any atom is -0.337 e. The molecule has 7 nitrogen and oxygen atoms in total. The molecule has 0 saturated carbocycles. The second-order valence-corrected chi connectivity index (χ2v) is 6.74. The number of nitrogens with one attached hydrogen (secondary N) is 1. The van der Waals surface area contributed by atoms with E-state index < -0.39 is 0 Å². The first-order valence-electron chi connectivity index (χ1n) is 7.67. The van der Waals surface area contributed by atoms with E-state index in [4.69, 9.17) is 0 Å². The van der Waals surface area contributed by atoms with Crippen molar-refractivity contribution < 1.29 is 4.79 Å². The number of anilines is 2. The Morgan fingerprint density at radius 1 is 1.17 bits per heavy atom. The standard InChI is InChI=1S/C15H20N6OS/c1-11(2)12-10-18-14(23-12)19-15(22)21-8-6-20(7-9-21)13-16-4-3-5-17-13/h3-5,10-11H,6-9H2,1-2H3,(H,18,19,22). The van der Waals surface area contributed by atoms with Crippen molar-refractivity contribution in [2.45, 2.75) is 19.8 Å². The van der Waals surface area contributed by atoms with Crippen molar-refractivity contribution >= 4 is 28.4 Å². The number of hydrogen-bond acceptors (Lipinski definition) is 6. The molecule has 1 N–H and O–H groups in total. The number of carbonyl (C=O) groups excluding carboxylic acids is 1. The highest BCUT2D eigenvalue weighted by Gasteiger charge is 2.23. The van der Waals surface area contributed by atoms with E-state index in [1.54, 1.807) is 23.4 Å². The average molecular weight is 332 g/mol. The van der Waals surface area contributed by atoms with Gasteiger partial charge in [-0.2, -0.15) is 0 Å². The van der Waals surface area contributed by atoms with Gasteiger partial charge < -0.3 is 9.80 Å². The largest absolute Gasteiger partial charge is 0.337 e. The summed E-state index contributed by atoms with van der Waals surface area (Å²) in [4.78, 5) is 30.1. The number of rotatable bonds is 3. The highest BCUT2D eigenvalue weighted by Crippen LogP contribution is 2.25. The number of amides is 2. The van der Waals surface area contributed by atoms with Crippen LogP contribution in [0.2, 0.25) is 0 Å². The van der Waals surface area contributed by atoms with Crippen LogP contribution in [0.3, 0.4) is 0 Å². The van der Waals surface area contributed by atoms with Crippen LogP contribution in [0, 0.1) is 0 Å². The molecule has 1 aliphatic heterocycles. The van der Waals surface area contributed by atoms with Crippen LogP contribution in [-0.4, -0.2) is 52.1 Å². The Kier molecular flexibility index (Phi) is 4.71. The molecule has 8 heteroatoms. The van der Waals surface area contributed by atoms with E-state index in [0.29, 0.717) is 30.1 Å². The van der Waals surface area contributed by atoms with Gasteiger partial charge in [-0.1, -0.05) is 13.8 Å². The van der Waals surface area contributed by atoms with Crippen LogP contribution in [0.4, 0.5) is 15.9 Å². The maximum Gasteiger partial charge on any atom is 0.323 e. The number of hydrogen-bond donors (Lipinski definition) is 1. The minimum atomic E-state index is -0.0942. The summed E-state index contributed by atoms with van der Waals surface area (Å²) in [5.74, 6) is 1.14. The van der Waals surface area contributed by atoms with Gasteiger partial charge in [0.15, 0.2) is 5.13 Å². The molecule has 0 radical (unpaired) electrons. The van der Waals surface area contributed by atoms with Crippen molar-refractivity contribution in [3.63, 3.8) is 0 Å². The Hall–Kier alpha value is -2.22. The van der Waals surface area contributed by atoms with E-state index in [9.17, 15) is 4.79 Å². The zero-order valence-corrected chi connectivity index (χ0v) is 14.1. The molecule has 0 aromatic carbocycles. The van der Waals surface area contributed by atoms with Gasteiger partial charge in [-0.25, -0.2) is 19.7 Å². The van der Waals surface area contributed by atoms with Gasteiger partial charge in [0, 0.05) is 49.6 Å². The van der Waals surface area contributed by atoms with Gasteiger partial charge in [0.2, 0.25) is 5.95 Å². The van der Waals surface area contributed by atoms with Crippen molar-refractivity contribution in [3.05, 3.63) is 29.5 Å². The van der Waals surface area contributed by atoms with Crippen LogP contribution in [0.15, 0.2) is 24.7 Å². The van der Waals surface area contributed by atoms with Crippen molar-refractivity contribution in [2.75, 3.05) is 36.4 Å². The van der Waals surface area contributed by atoms with Gasteiger partial charge in [0.1, 0.15) is 0 Å². The molecule has 3 heterocycles. The Labute approximate surface area is 139 Å². The maximum absolute atomic E-state index is 12.3. The third-order valence-corrected chi connectivity index (χ3v) is 4.92. The van der Waals surface area contributed by atoms with Crippen LogP contribution in [0.1, 0.15) is 24.6 Å². The third kappa shape index (κ3) is 3.76. The molecule has 3 rings (SSSR count). The molecule has 122 valence electrons. The lowest BCUT2D eigenvalue weighted by molar-refractivity contribution is 0.208. The normalized spacial score (nSPS) is 15.1. The van der Waals surface area contributed by atoms with Gasteiger partial charge in [0.05, 0.1) is 0 Å². The van der Waals surface area contributed by atoms with E-state index in [1.165, 1.54) is 16.2 Å². The molecule has 0 unspecified atom stereocenters. The number of urea groups is 1.